The van der Waals surface area contributed by atoms with Gasteiger partial charge in [-0.3, -0.25) is 0 Å². The van der Waals surface area contributed by atoms with E-state index in [4.69, 9.17) is 4.74 Å². The van der Waals surface area contributed by atoms with Gasteiger partial charge in [-0.05, 0) is 31.2 Å². The van der Waals surface area contributed by atoms with Crippen molar-refractivity contribution in [3.8, 4) is 5.75 Å². The molecular formula is C20H20N4OS3. The van der Waals surface area contributed by atoms with E-state index in [1.807, 2.05) is 42.5 Å². The van der Waals surface area contributed by atoms with Crippen LogP contribution < -0.4 is 4.74 Å². The van der Waals surface area contributed by atoms with Crippen LogP contribution in [0.3, 0.4) is 0 Å². The van der Waals surface area contributed by atoms with E-state index in [1.165, 1.54) is 4.70 Å². The summed E-state index contributed by atoms with van der Waals surface area (Å²) in [6.07, 6.45) is 0. The first-order valence-corrected chi connectivity index (χ1v) is 11.8. The van der Waals surface area contributed by atoms with Crippen LogP contribution in [-0.4, -0.2) is 32.1 Å². The molecule has 0 saturated heterocycles. The van der Waals surface area contributed by atoms with Gasteiger partial charge in [-0.25, -0.2) is 4.98 Å². The zero-order valence-corrected chi connectivity index (χ0v) is 17.9. The van der Waals surface area contributed by atoms with Crippen molar-refractivity contribution in [2.24, 2.45) is 0 Å². The molecule has 144 valence electrons. The van der Waals surface area contributed by atoms with Crippen LogP contribution in [0.25, 0.3) is 10.2 Å². The van der Waals surface area contributed by atoms with E-state index >= 15 is 0 Å². The highest BCUT2D eigenvalue weighted by atomic mass is 32.2. The van der Waals surface area contributed by atoms with E-state index in [0.29, 0.717) is 6.61 Å². The van der Waals surface area contributed by atoms with Gasteiger partial charge in [-0.2, -0.15) is 0 Å². The average Bonchev–Trinajstić information content (AvgIpc) is 3.33. The third kappa shape index (κ3) is 4.68. The molecule has 0 aliphatic carbocycles. The molecule has 0 N–H and O–H groups in total. The van der Waals surface area contributed by atoms with Crippen molar-refractivity contribution < 1.29 is 4.74 Å². The summed E-state index contributed by atoms with van der Waals surface area (Å²) in [6, 6.07) is 18.1. The van der Waals surface area contributed by atoms with Gasteiger partial charge < -0.3 is 9.30 Å². The molecule has 0 aliphatic heterocycles. The first-order chi connectivity index (χ1) is 13.8. The highest BCUT2D eigenvalue weighted by Crippen LogP contribution is 2.31. The first-order valence-electron chi connectivity index (χ1n) is 9.04. The van der Waals surface area contributed by atoms with Crippen molar-refractivity contribution in [2.45, 2.75) is 28.7 Å². The van der Waals surface area contributed by atoms with Gasteiger partial charge in [0.15, 0.2) is 9.50 Å². The van der Waals surface area contributed by atoms with Gasteiger partial charge in [0.25, 0.3) is 0 Å². The van der Waals surface area contributed by atoms with E-state index in [0.717, 1.165) is 44.6 Å². The zero-order chi connectivity index (χ0) is 19.2. The maximum atomic E-state index is 5.75. The number of hydrogen-bond acceptors (Lipinski definition) is 7. The Morgan fingerprint density at radius 1 is 1.00 bits per heavy atom. The fraction of sp³-hybridized carbons (Fsp3) is 0.250. The molecule has 4 aromatic rings. The minimum absolute atomic E-state index is 0.640. The van der Waals surface area contributed by atoms with Crippen LogP contribution in [-0.2, 0) is 12.3 Å². The van der Waals surface area contributed by atoms with Crippen LogP contribution in [0.2, 0.25) is 0 Å². The predicted molar refractivity (Wildman–Crippen MR) is 118 cm³/mol. The third-order valence-corrected chi connectivity index (χ3v) is 7.14. The van der Waals surface area contributed by atoms with Crippen molar-refractivity contribution in [3.05, 3.63) is 60.4 Å². The molecule has 2 heterocycles. The Balaban J connectivity index is 1.33. The number of rotatable bonds is 9. The largest absolute Gasteiger partial charge is 0.493 e. The normalized spacial score (nSPS) is 11.2. The Bertz CT molecular complexity index is 999. The zero-order valence-electron chi connectivity index (χ0n) is 15.4. The van der Waals surface area contributed by atoms with Crippen molar-refractivity contribution in [3.63, 3.8) is 0 Å². The molecule has 0 aliphatic rings. The second-order valence-corrected chi connectivity index (χ2v) is 9.20. The molecule has 0 radical (unpaired) electrons. The fourth-order valence-electron chi connectivity index (χ4n) is 2.70. The lowest BCUT2D eigenvalue weighted by atomic mass is 10.3. The number of fused-ring (bicyclic) bond motifs is 1. The second kappa shape index (κ2) is 9.45. The molecule has 0 saturated carbocycles. The van der Waals surface area contributed by atoms with E-state index in [9.17, 15) is 0 Å². The highest BCUT2D eigenvalue weighted by molar-refractivity contribution is 8.00. The Kier molecular flexibility index (Phi) is 6.51. The Hall–Kier alpha value is -2.03. The average molecular weight is 429 g/mol. The smallest absolute Gasteiger partial charge is 0.191 e. The third-order valence-electron chi connectivity index (χ3n) is 4.04. The molecule has 0 unspecified atom stereocenters. The lowest BCUT2D eigenvalue weighted by Crippen LogP contribution is -2.04. The number of para-hydroxylation sites is 2. The predicted octanol–water partition coefficient (Wildman–Crippen LogP) is 5.37. The van der Waals surface area contributed by atoms with Crippen LogP contribution in [0.5, 0.6) is 5.75 Å². The number of thiazole rings is 1. The molecule has 0 bridgehead atoms. The van der Waals surface area contributed by atoms with Gasteiger partial charge in [0.1, 0.15) is 11.6 Å². The molecule has 0 spiro atoms. The Morgan fingerprint density at radius 2 is 1.82 bits per heavy atom. The number of thioether (sulfide) groups is 2. The molecule has 8 heteroatoms. The SMILES string of the molecule is CCn1c(CSc2nc3ccccc3s2)nnc1SCCOc1ccccc1. The second-order valence-electron chi connectivity index (χ2n) is 5.89. The summed E-state index contributed by atoms with van der Waals surface area (Å²) in [5.74, 6) is 3.48. The van der Waals surface area contributed by atoms with Gasteiger partial charge in [0, 0.05) is 12.3 Å². The molecule has 2 aromatic carbocycles. The van der Waals surface area contributed by atoms with Crippen molar-refractivity contribution in [1.82, 2.24) is 19.7 Å². The summed E-state index contributed by atoms with van der Waals surface area (Å²) >= 11 is 5.12. The van der Waals surface area contributed by atoms with Crippen LogP contribution in [0.15, 0.2) is 64.1 Å². The van der Waals surface area contributed by atoms with Gasteiger partial charge >= 0.3 is 0 Å². The number of nitrogens with zero attached hydrogens (tertiary/aromatic N) is 4. The number of hydrogen-bond donors (Lipinski definition) is 0. The molecule has 5 nitrogen and oxygen atoms in total. The first kappa shape index (κ1) is 19.3. The summed E-state index contributed by atoms with van der Waals surface area (Å²) in [4.78, 5) is 4.68. The van der Waals surface area contributed by atoms with E-state index in [2.05, 4.69) is 38.8 Å². The molecule has 2 aromatic heterocycles. The lowest BCUT2D eigenvalue weighted by molar-refractivity contribution is 0.344. The maximum Gasteiger partial charge on any atom is 0.191 e. The molecule has 0 atom stereocenters. The van der Waals surface area contributed by atoms with Crippen molar-refractivity contribution in [1.29, 1.82) is 0 Å². The number of aromatic nitrogens is 4. The molecule has 28 heavy (non-hydrogen) atoms. The Morgan fingerprint density at radius 3 is 2.64 bits per heavy atom. The number of benzene rings is 2. The molecule has 0 amide bonds. The maximum absolute atomic E-state index is 5.75. The lowest BCUT2D eigenvalue weighted by Gasteiger charge is -2.07. The van der Waals surface area contributed by atoms with E-state index in [-0.39, 0.29) is 0 Å². The molecular weight excluding hydrogens is 408 g/mol. The highest BCUT2D eigenvalue weighted by Gasteiger charge is 2.13. The van der Waals surface area contributed by atoms with Gasteiger partial charge in [-0.15, -0.1) is 21.5 Å². The number of ether oxygens (including phenoxy) is 1. The molecule has 4 rings (SSSR count). The van der Waals surface area contributed by atoms with Crippen LogP contribution in [0.4, 0.5) is 0 Å². The van der Waals surface area contributed by atoms with Crippen molar-refractivity contribution in [2.75, 3.05) is 12.4 Å². The summed E-state index contributed by atoms with van der Waals surface area (Å²) < 4.78 is 10.2. The van der Waals surface area contributed by atoms with Crippen molar-refractivity contribution >= 4 is 45.1 Å². The summed E-state index contributed by atoms with van der Waals surface area (Å²) in [5.41, 5.74) is 1.06. The standard InChI is InChI=1S/C20H20N4OS3/c1-2-24-18(14-27-20-21-16-10-6-7-11-17(16)28-20)22-23-19(24)26-13-12-25-15-8-4-3-5-9-15/h3-11H,2,12-14H2,1H3. The van der Waals surface area contributed by atoms with E-state index < -0.39 is 0 Å². The summed E-state index contributed by atoms with van der Waals surface area (Å²) in [7, 11) is 0. The summed E-state index contributed by atoms with van der Waals surface area (Å²) in [6.45, 7) is 3.62. The molecule has 0 fully saturated rings. The minimum atomic E-state index is 0.640. The monoisotopic (exact) mass is 428 g/mol. The van der Waals surface area contributed by atoms with Gasteiger partial charge in [-0.1, -0.05) is 53.9 Å². The topological polar surface area (TPSA) is 52.8 Å². The van der Waals surface area contributed by atoms with Gasteiger partial charge in [0.2, 0.25) is 0 Å². The van der Waals surface area contributed by atoms with Gasteiger partial charge in [0.05, 0.1) is 22.6 Å². The minimum Gasteiger partial charge on any atom is -0.493 e. The van der Waals surface area contributed by atoms with Crippen LogP contribution >= 0.6 is 34.9 Å². The van der Waals surface area contributed by atoms with Crippen LogP contribution in [0.1, 0.15) is 12.7 Å². The quantitative estimate of drug-likeness (QED) is 0.264. The van der Waals surface area contributed by atoms with E-state index in [1.54, 1.807) is 34.9 Å². The fourth-order valence-corrected chi connectivity index (χ4v) is 5.54. The Labute approximate surface area is 176 Å². The van der Waals surface area contributed by atoms with Crippen LogP contribution in [0, 0.1) is 0 Å². The summed E-state index contributed by atoms with van der Waals surface area (Å²) in [5, 5.41) is 9.72.